The maximum absolute atomic E-state index is 5.13. The summed E-state index contributed by atoms with van der Waals surface area (Å²) in [5.41, 5.74) is 7.15. The molecule has 1 aromatic carbocycles. The zero-order valence-corrected chi connectivity index (χ0v) is 10.7. The second-order valence-electron chi connectivity index (χ2n) is 3.89. The van der Waals surface area contributed by atoms with Gasteiger partial charge in [0.05, 0.1) is 7.11 Å². The molecule has 2 N–H and O–H groups in total. The van der Waals surface area contributed by atoms with Crippen LogP contribution in [0.25, 0.3) is 0 Å². The smallest absolute Gasteiger partial charge is 0.118 e. The normalized spacial score (nSPS) is 10.7. The number of ether oxygens (including phenoxy) is 1. The summed E-state index contributed by atoms with van der Waals surface area (Å²) in [7, 11) is 3.55. The van der Waals surface area contributed by atoms with Crippen LogP contribution < -0.4 is 15.6 Å². The van der Waals surface area contributed by atoms with Gasteiger partial charge in [0.25, 0.3) is 0 Å². The van der Waals surface area contributed by atoms with Crippen molar-refractivity contribution in [2.24, 2.45) is 0 Å². The van der Waals surface area contributed by atoms with Gasteiger partial charge in [-0.15, -0.1) is 0 Å². The molecule has 1 aromatic rings. The minimum absolute atomic E-state index is 0.926. The number of methoxy groups -OCH3 is 1. The van der Waals surface area contributed by atoms with Gasteiger partial charge in [-0.3, -0.25) is 0 Å². The Morgan fingerprint density at radius 2 is 1.94 bits per heavy atom. The van der Waals surface area contributed by atoms with Crippen molar-refractivity contribution in [3.05, 3.63) is 42.1 Å². The zero-order chi connectivity index (χ0) is 12.3. The first-order chi connectivity index (χ1) is 8.36. The fourth-order valence-electron chi connectivity index (χ4n) is 1.61. The summed E-state index contributed by atoms with van der Waals surface area (Å²) in [6.45, 7) is 0. The van der Waals surface area contributed by atoms with Crippen molar-refractivity contribution in [2.75, 3.05) is 14.2 Å². The maximum atomic E-state index is 5.13. The second-order valence-corrected chi connectivity index (χ2v) is 3.89. The van der Waals surface area contributed by atoms with E-state index in [1.165, 1.54) is 18.4 Å². The van der Waals surface area contributed by atoms with Crippen molar-refractivity contribution in [3.63, 3.8) is 0 Å². The average Bonchev–Trinajstić information content (AvgIpc) is 2.38. The average molecular weight is 234 g/mol. The number of hydrazine groups is 1. The largest absolute Gasteiger partial charge is 0.497 e. The van der Waals surface area contributed by atoms with Crippen LogP contribution >= 0.6 is 0 Å². The Morgan fingerprint density at radius 1 is 1.18 bits per heavy atom. The third-order valence-corrected chi connectivity index (χ3v) is 2.59. The minimum Gasteiger partial charge on any atom is -0.497 e. The lowest BCUT2D eigenvalue weighted by Crippen LogP contribution is -2.20. The van der Waals surface area contributed by atoms with E-state index in [2.05, 4.69) is 29.1 Å². The molecule has 0 radical (unpaired) electrons. The van der Waals surface area contributed by atoms with Crippen molar-refractivity contribution in [3.8, 4) is 5.75 Å². The van der Waals surface area contributed by atoms with Gasteiger partial charge in [-0.05, 0) is 43.4 Å². The molecular formula is C14H22N2O. The van der Waals surface area contributed by atoms with Crippen LogP contribution in [-0.4, -0.2) is 14.2 Å². The second kappa shape index (κ2) is 8.65. The van der Waals surface area contributed by atoms with Crippen molar-refractivity contribution in [1.82, 2.24) is 10.9 Å². The molecule has 0 saturated heterocycles. The van der Waals surface area contributed by atoms with E-state index in [0.29, 0.717) is 0 Å². The first-order valence-corrected chi connectivity index (χ1v) is 6.07. The molecule has 1 rings (SSSR count). The summed E-state index contributed by atoms with van der Waals surface area (Å²) in [5.74, 6) is 0.926. The highest BCUT2D eigenvalue weighted by Crippen LogP contribution is 2.13. The number of unbranched alkanes of at least 4 members (excludes halogenated alkanes) is 2. The van der Waals surface area contributed by atoms with E-state index >= 15 is 0 Å². The summed E-state index contributed by atoms with van der Waals surface area (Å²) in [6, 6.07) is 8.31. The molecule has 3 heteroatoms. The lowest BCUT2D eigenvalue weighted by atomic mass is 10.1. The summed E-state index contributed by atoms with van der Waals surface area (Å²) >= 11 is 0. The van der Waals surface area contributed by atoms with Crippen molar-refractivity contribution >= 4 is 0 Å². The number of hydrogen-bond acceptors (Lipinski definition) is 3. The number of nitrogens with one attached hydrogen (secondary N) is 2. The number of allylic oxidation sites excluding steroid dienone is 1. The number of benzene rings is 1. The van der Waals surface area contributed by atoms with Crippen LogP contribution in [0.1, 0.15) is 24.8 Å². The van der Waals surface area contributed by atoms with Gasteiger partial charge in [0.15, 0.2) is 0 Å². The van der Waals surface area contributed by atoms with Crippen LogP contribution in [0.4, 0.5) is 0 Å². The van der Waals surface area contributed by atoms with E-state index in [9.17, 15) is 0 Å². The molecule has 94 valence electrons. The highest BCUT2D eigenvalue weighted by Gasteiger charge is 1.94. The highest BCUT2D eigenvalue weighted by atomic mass is 16.5. The molecule has 17 heavy (non-hydrogen) atoms. The van der Waals surface area contributed by atoms with Crippen LogP contribution in [0, 0.1) is 0 Å². The Morgan fingerprint density at radius 3 is 2.59 bits per heavy atom. The van der Waals surface area contributed by atoms with Crippen LogP contribution in [0.3, 0.4) is 0 Å². The molecular weight excluding hydrogens is 212 g/mol. The number of aryl methyl sites for hydroxylation is 1. The van der Waals surface area contributed by atoms with Crippen molar-refractivity contribution in [2.45, 2.75) is 25.7 Å². The van der Waals surface area contributed by atoms with E-state index in [1.54, 1.807) is 7.11 Å². The number of rotatable bonds is 8. The molecule has 0 amide bonds. The Bertz CT molecular complexity index is 319. The quantitative estimate of drug-likeness (QED) is 0.536. The fraction of sp³-hybridized carbons (Fsp3) is 0.429. The van der Waals surface area contributed by atoms with Gasteiger partial charge < -0.3 is 10.2 Å². The predicted molar refractivity (Wildman–Crippen MR) is 71.9 cm³/mol. The van der Waals surface area contributed by atoms with Gasteiger partial charge in [-0.2, -0.15) is 0 Å². The Balaban J connectivity index is 2.13. The standard InChI is InChI=1S/C14H22N2O/c1-15-16-12-6-4-3-5-7-13-8-10-14(17-2)11-9-13/h6,8-12,15-16H,3-5,7H2,1-2H3/b12-6-. The first-order valence-electron chi connectivity index (χ1n) is 6.07. The van der Waals surface area contributed by atoms with Crippen LogP contribution in [0.5, 0.6) is 5.75 Å². The topological polar surface area (TPSA) is 33.3 Å². The van der Waals surface area contributed by atoms with E-state index in [4.69, 9.17) is 4.74 Å². The number of hydrogen-bond donors (Lipinski definition) is 2. The van der Waals surface area contributed by atoms with Gasteiger partial charge in [0.2, 0.25) is 0 Å². The van der Waals surface area contributed by atoms with Crippen LogP contribution in [-0.2, 0) is 6.42 Å². The van der Waals surface area contributed by atoms with Gasteiger partial charge in [0.1, 0.15) is 5.75 Å². The zero-order valence-electron chi connectivity index (χ0n) is 10.7. The maximum Gasteiger partial charge on any atom is 0.118 e. The Kier molecular flexibility index (Phi) is 6.91. The van der Waals surface area contributed by atoms with E-state index < -0.39 is 0 Å². The minimum atomic E-state index is 0.926. The molecule has 0 heterocycles. The molecule has 0 atom stereocenters. The molecule has 0 aliphatic heterocycles. The molecule has 0 spiro atoms. The van der Waals surface area contributed by atoms with Gasteiger partial charge >= 0.3 is 0 Å². The lowest BCUT2D eigenvalue weighted by Gasteiger charge is -2.02. The molecule has 3 nitrogen and oxygen atoms in total. The molecule has 0 fully saturated rings. The van der Waals surface area contributed by atoms with Crippen molar-refractivity contribution < 1.29 is 4.74 Å². The Labute approximate surface area is 104 Å². The van der Waals surface area contributed by atoms with Gasteiger partial charge in [-0.25, -0.2) is 5.43 Å². The van der Waals surface area contributed by atoms with Gasteiger partial charge in [-0.1, -0.05) is 18.2 Å². The lowest BCUT2D eigenvalue weighted by molar-refractivity contribution is 0.414. The monoisotopic (exact) mass is 234 g/mol. The molecule has 0 aliphatic rings. The van der Waals surface area contributed by atoms with Crippen LogP contribution in [0.15, 0.2) is 36.5 Å². The fourth-order valence-corrected chi connectivity index (χ4v) is 1.61. The summed E-state index contributed by atoms with van der Waals surface area (Å²) < 4.78 is 5.13. The summed E-state index contributed by atoms with van der Waals surface area (Å²) in [5, 5.41) is 0. The van der Waals surface area contributed by atoms with E-state index in [0.717, 1.165) is 18.6 Å². The van der Waals surface area contributed by atoms with E-state index in [-0.39, 0.29) is 0 Å². The predicted octanol–water partition coefficient (Wildman–Crippen LogP) is 2.65. The van der Waals surface area contributed by atoms with E-state index in [1.807, 2.05) is 25.4 Å². The third-order valence-electron chi connectivity index (χ3n) is 2.59. The van der Waals surface area contributed by atoms with Crippen molar-refractivity contribution in [1.29, 1.82) is 0 Å². The first kappa shape index (κ1) is 13.6. The molecule has 0 bridgehead atoms. The Hall–Kier alpha value is -1.48. The SMILES string of the molecule is CNN/C=C\CCCCc1ccc(OC)cc1. The van der Waals surface area contributed by atoms with Crippen LogP contribution in [0.2, 0.25) is 0 Å². The molecule has 0 aromatic heterocycles. The molecule has 0 saturated carbocycles. The third kappa shape index (κ3) is 5.97. The molecule has 0 aliphatic carbocycles. The highest BCUT2D eigenvalue weighted by molar-refractivity contribution is 5.27. The summed E-state index contributed by atoms with van der Waals surface area (Å²) in [4.78, 5) is 0. The summed E-state index contributed by atoms with van der Waals surface area (Å²) in [6.07, 6.45) is 8.77. The van der Waals surface area contributed by atoms with Gasteiger partial charge in [0, 0.05) is 13.2 Å². The molecule has 0 unspecified atom stereocenters.